The molecule has 1 aromatic carbocycles. The highest BCUT2D eigenvalue weighted by Gasteiger charge is 2.02. The Balaban J connectivity index is 2.49. The van der Waals surface area contributed by atoms with Crippen LogP contribution in [0, 0.1) is 0 Å². The van der Waals surface area contributed by atoms with E-state index in [1.165, 1.54) is 24.3 Å². The van der Waals surface area contributed by atoms with Gasteiger partial charge in [-0.25, -0.2) is 4.79 Å². The van der Waals surface area contributed by atoms with Crippen LogP contribution < -0.4 is 4.74 Å². The van der Waals surface area contributed by atoms with Gasteiger partial charge in [0.05, 0.1) is 6.61 Å². The second-order valence-electron chi connectivity index (χ2n) is 2.80. The average molecular weight is 243 g/mol. The van der Waals surface area contributed by atoms with Gasteiger partial charge in [0.15, 0.2) is 6.61 Å². The van der Waals surface area contributed by atoms with Crippen LogP contribution in [-0.4, -0.2) is 27.9 Å². The first-order valence-electron chi connectivity index (χ1n) is 4.61. The van der Waals surface area contributed by atoms with E-state index in [1.807, 2.05) is 0 Å². The third-order valence-corrected chi connectivity index (χ3v) is 2.34. The predicted molar refractivity (Wildman–Crippen MR) is 55.8 cm³/mol. The third-order valence-electron chi connectivity index (χ3n) is 1.68. The SMILES string of the molecule is CCOC(=O)COc1ccc(S(=O)[O-])cc1. The van der Waals surface area contributed by atoms with Crippen LogP contribution in [0.5, 0.6) is 5.75 Å². The van der Waals surface area contributed by atoms with E-state index in [2.05, 4.69) is 4.74 Å². The molecule has 0 spiro atoms. The van der Waals surface area contributed by atoms with Gasteiger partial charge in [0, 0.05) is 4.90 Å². The van der Waals surface area contributed by atoms with Crippen LogP contribution in [0.4, 0.5) is 0 Å². The van der Waals surface area contributed by atoms with Gasteiger partial charge in [0.2, 0.25) is 0 Å². The van der Waals surface area contributed by atoms with Crippen molar-refractivity contribution in [3.05, 3.63) is 24.3 Å². The Kier molecular flexibility index (Phi) is 4.94. The zero-order valence-corrected chi connectivity index (χ0v) is 9.49. The fourth-order valence-corrected chi connectivity index (χ4v) is 1.35. The Morgan fingerprint density at radius 3 is 2.50 bits per heavy atom. The number of rotatable bonds is 5. The molecule has 5 nitrogen and oxygen atoms in total. The molecule has 0 bridgehead atoms. The molecular weight excluding hydrogens is 232 g/mol. The Morgan fingerprint density at radius 2 is 2.00 bits per heavy atom. The smallest absolute Gasteiger partial charge is 0.344 e. The molecule has 0 fully saturated rings. The minimum Gasteiger partial charge on any atom is -0.768 e. The number of ether oxygens (including phenoxy) is 2. The quantitative estimate of drug-likeness (QED) is 0.566. The van der Waals surface area contributed by atoms with E-state index in [-0.39, 0.29) is 11.5 Å². The summed E-state index contributed by atoms with van der Waals surface area (Å²) in [5.41, 5.74) is 0. The molecule has 0 saturated heterocycles. The van der Waals surface area contributed by atoms with Gasteiger partial charge < -0.3 is 14.0 Å². The molecule has 88 valence electrons. The minimum absolute atomic E-state index is 0.170. The Labute approximate surface area is 95.7 Å². The summed E-state index contributed by atoms with van der Waals surface area (Å²) in [6.07, 6.45) is 0. The van der Waals surface area contributed by atoms with E-state index >= 15 is 0 Å². The summed E-state index contributed by atoms with van der Waals surface area (Å²) in [6, 6.07) is 5.74. The van der Waals surface area contributed by atoms with Crippen LogP contribution >= 0.6 is 0 Å². The van der Waals surface area contributed by atoms with Crippen LogP contribution in [0.15, 0.2) is 29.2 Å². The van der Waals surface area contributed by atoms with Gasteiger partial charge in [-0.3, -0.25) is 4.21 Å². The van der Waals surface area contributed by atoms with Gasteiger partial charge in [0.1, 0.15) is 5.75 Å². The first-order chi connectivity index (χ1) is 7.63. The molecule has 0 aliphatic rings. The first-order valence-corrected chi connectivity index (χ1v) is 5.68. The van der Waals surface area contributed by atoms with Crippen molar-refractivity contribution in [3.8, 4) is 5.75 Å². The zero-order chi connectivity index (χ0) is 12.0. The standard InChI is InChI=1S/C10H12O5S/c1-2-14-10(11)7-15-8-3-5-9(6-4-8)16(12)13/h3-6H,2,7H2,1H3,(H,12,13)/p-1. The maximum absolute atomic E-state index is 10.9. The Hall–Kier alpha value is -1.40. The fourth-order valence-electron chi connectivity index (χ4n) is 0.992. The molecule has 0 amide bonds. The number of esters is 1. The highest BCUT2D eigenvalue weighted by Crippen LogP contribution is 2.13. The van der Waals surface area contributed by atoms with E-state index in [4.69, 9.17) is 4.74 Å². The first kappa shape index (κ1) is 12.7. The van der Waals surface area contributed by atoms with E-state index in [0.717, 1.165) is 0 Å². The molecule has 16 heavy (non-hydrogen) atoms. The van der Waals surface area contributed by atoms with Crippen molar-refractivity contribution < 1.29 is 23.0 Å². The predicted octanol–water partition coefficient (Wildman–Crippen LogP) is 0.867. The van der Waals surface area contributed by atoms with Gasteiger partial charge in [-0.1, -0.05) is 0 Å². The lowest BCUT2D eigenvalue weighted by Gasteiger charge is -2.07. The monoisotopic (exact) mass is 243 g/mol. The van der Waals surface area contributed by atoms with Crippen molar-refractivity contribution in [2.24, 2.45) is 0 Å². The molecule has 0 radical (unpaired) electrons. The molecule has 0 saturated carbocycles. The highest BCUT2D eigenvalue weighted by atomic mass is 32.2. The summed E-state index contributed by atoms with van der Waals surface area (Å²) in [6.45, 7) is 1.82. The van der Waals surface area contributed by atoms with E-state index in [1.54, 1.807) is 6.92 Å². The van der Waals surface area contributed by atoms with Crippen molar-refractivity contribution in [2.75, 3.05) is 13.2 Å². The van der Waals surface area contributed by atoms with Crippen LogP contribution in [0.2, 0.25) is 0 Å². The lowest BCUT2D eigenvalue weighted by molar-refractivity contribution is -0.145. The van der Waals surface area contributed by atoms with Crippen LogP contribution in [0.1, 0.15) is 6.92 Å². The Morgan fingerprint density at radius 1 is 1.38 bits per heavy atom. The van der Waals surface area contributed by atoms with Gasteiger partial charge in [-0.2, -0.15) is 0 Å². The molecule has 1 atom stereocenters. The lowest BCUT2D eigenvalue weighted by atomic mass is 10.3. The minimum atomic E-state index is -2.25. The molecule has 1 rings (SSSR count). The summed E-state index contributed by atoms with van der Waals surface area (Å²) in [5.74, 6) is -0.0405. The fraction of sp³-hybridized carbons (Fsp3) is 0.300. The summed E-state index contributed by atoms with van der Waals surface area (Å²) in [5, 5.41) is 0. The maximum atomic E-state index is 10.9. The molecule has 0 aliphatic carbocycles. The zero-order valence-electron chi connectivity index (χ0n) is 8.67. The van der Waals surface area contributed by atoms with Gasteiger partial charge in [-0.15, -0.1) is 0 Å². The van der Waals surface area contributed by atoms with E-state index in [9.17, 15) is 13.6 Å². The lowest BCUT2D eigenvalue weighted by Crippen LogP contribution is -2.14. The number of hydrogen-bond donors (Lipinski definition) is 0. The Bertz CT molecular complexity index is 373. The van der Waals surface area contributed by atoms with Gasteiger partial charge in [0.25, 0.3) is 0 Å². The molecule has 0 aromatic heterocycles. The van der Waals surface area contributed by atoms with E-state index in [0.29, 0.717) is 12.4 Å². The van der Waals surface area contributed by atoms with Crippen molar-refractivity contribution in [2.45, 2.75) is 11.8 Å². The molecular formula is C10H11O5S-. The molecule has 0 heterocycles. The van der Waals surface area contributed by atoms with Crippen LogP contribution in [0.25, 0.3) is 0 Å². The topological polar surface area (TPSA) is 75.7 Å². The van der Waals surface area contributed by atoms with Crippen molar-refractivity contribution in [1.29, 1.82) is 0 Å². The number of hydrogen-bond acceptors (Lipinski definition) is 5. The molecule has 0 aliphatic heterocycles. The van der Waals surface area contributed by atoms with Crippen molar-refractivity contribution >= 4 is 17.0 Å². The second kappa shape index (κ2) is 6.24. The summed E-state index contributed by atoms with van der Waals surface area (Å²) in [4.78, 5) is 11.1. The summed E-state index contributed by atoms with van der Waals surface area (Å²) >= 11 is -2.25. The van der Waals surface area contributed by atoms with Gasteiger partial charge in [-0.05, 0) is 42.3 Å². The molecule has 0 N–H and O–H groups in total. The molecule has 1 unspecified atom stereocenters. The van der Waals surface area contributed by atoms with E-state index < -0.39 is 17.0 Å². The van der Waals surface area contributed by atoms with Crippen molar-refractivity contribution in [1.82, 2.24) is 0 Å². The summed E-state index contributed by atoms with van der Waals surface area (Å²) in [7, 11) is 0. The van der Waals surface area contributed by atoms with Crippen molar-refractivity contribution in [3.63, 3.8) is 0 Å². The largest absolute Gasteiger partial charge is 0.768 e. The third kappa shape index (κ3) is 4.00. The highest BCUT2D eigenvalue weighted by molar-refractivity contribution is 7.79. The molecule has 6 heteroatoms. The average Bonchev–Trinajstić information content (AvgIpc) is 2.27. The van der Waals surface area contributed by atoms with Crippen LogP contribution in [0.3, 0.4) is 0 Å². The van der Waals surface area contributed by atoms with Crippen LogP contribution in [-0.2, 0) is 20.6 Å². The summed E-state index contributed by atoms with van der Waals surface area (Å²) < 4.78 is 30.8. The number of benzene rings is 1. The molecule has 1 aromatic rings. The number of carbonyl (C=O) groups is 1. The van der Waals surface area contributed by atoms with Gasteiger partial charge >= 0.3 is 5.97 Å². The second-order valence-corrected chi connectivity index (χ2v) is 3.74. The normalized spacial score (nSPS) is 11.9. The number of carbonyl (C=O) groups excluding carboxylic acids is 1. The maximum Gasteiger partial charge on any atom is 0.344 e.